The highest BCUT2D eigenvalue weighted by Crippen LogP contribution is 2.29. The smallest absolute Gasteiger partial charge is 0.233 e. The first-order chi connectivity index (χ1) is 9.88. The fourth-order valence-corrected chi connectivity index (χ4v) is 2.25. The van der Waals surface area contributed by atoms with Crippen LogP contribution in [0.15, 0.2) is 17.7 Å². The Morgan fingerprint density at radius 3 is 2.52 bits per heavy atom. The van der Waals surface area contributed by atoms with E-state index in [0.717, 1.165) is 25.7 Å². The van der Waals surface area contributed by atoms with Crippen LogP contribution in [0.1, 0.15) is 52.5 Å². The van der Waals surface area contributed by atoms with E-state index in [2.05, 4.69) is 15.6 Å². The molecule has 1 aliphatic carbocycles. The van der Waals surface area contributed by atoms with Crippen LogP contribution in [0.3, 0.4) is 0 Å². The molecule has 8 nitrogen and oxygen atoms in total. The van der Waals surface area contributed by atoms with Gasteiger partial charge < -0.3 is 10.0 Å². The van der Waals surface area contributed by atoms with E-state index in [9.17, 15) is 5.21 Å². The summed E-state index contributed by atoms with van der Waals surface area (Å²) in [5.41, 5.74) is -0.292. The average molecular weight is 296 g/mol. The number of hydrazine groups is 1. The number of nitrogens with zero attached hydrogens (tertiary/aromatic N) is 6. The third-order valence-electron chi connectivity index (χ3n) is 3.95. The first-order valence-electron chi connectivity index (χ1n) is 7.31. The zero-order valence-corrected chi connectivity index (χ0v) is 13.1. The van der Waals surface area contributed by atoms with Crippen molar-refractivity contribution in [3.63, 3.8) is 0 Å². The molecule has 0 unspecified atom stereocenters. The van der Waals surface area contributed by atoms with Crippen LogP contribution in [0.2, 0.25) is 0 Å². The van der Waals surface area contributed by atoms with E-state index in [1.54, 1.807) is 13.2 Å². The Labute approximate surface area is 124 Å². The van der Waals surface area contributed by atoms with E-state index in [4.69, 9.17) is 4.84 Å². The molecule has 0 aliphatic heterocycles. The van der Waals surface area contributed by atoms with Crippen LogP contribution in [0.5, 0.6) is 0 Å². The maximum absolute atomic E-state index is 11.8. The quantitative estimate of drug-likeness (QED) is 0.484. The lowest BCUT2D eigenvalue weighted by Gasteiger charge is -2.28. The van der Waals surface area contributed by atoms with Gasteiger partial charge in [0.25, 0.3) is 0 Å². The van der Waals surface area contributed by atoms with Crippen molar-refractivity contribution >= 4 is 0 Å². The molecule has 1 aromatic rings. The molecule has 0 aromatic carbocycles. The largest absolute Gasteiger partial charge is 0.569 e. The monoisotopic (exact) mass is 296 g/mol. The Morgan fingerprint density at radius 1 is 1.33 bits per heavy atom. The topological polar surface area (TPSA) is 81.6 Å². The SMILES string of the molecule is CN(/[N+]([O-])=N/O[C@H]1CC[C@@H](n2ccnn2)CC1)C(C)(C)C. The summed E-state index contributed by atoms with van der Waals surface area (Å²) in [5.74, 6) is 0. The lowest BCUT2D eigenvalue weighted by Crippen LogP contribution is -2.42. The summed E-state index contributed by atoms with van der Waals surface area (Å²) in [7, 11) is 1.70. The van der Waals surface area contributed by atoms with Crippen molar-refractivity contribution in [1.82, 2.24) is 20.0 Å². The van der Waals surface area contributed by atoms with Gasteiger partial charge in [0.15, 0.2) is 0 Å². The molecule has 1 aliphatic rings. The maximum atomic E-state index is 11.8. The molecule has 0 bridgehead atoms. The Hall–Kier alpha value is -1.86. The second-order valence-electron chi connectivity index (χ2n) is 6.45. The summed E-state index contributed by atoms with van der Waals surface area (Å²) in [6.07, 6.45) is 7.20. The Balaban J connectivity index is 1.81. The van der Waals surface area contributed by atoms with Gasteiger partial charge in [0, 0.05) is 6.20 Å². The highest BCUT2D eigenvalue weighted by Gasteiger charge is 2.27. The molecule has 0 saturated heterocycles. The highest BCUT2D eigenvalue weighted by molar-refractivity contribution is 4.78. The summed E-state index contributed by atoms with van der Waals surface area (Å²) < 4.78 is 1.89. The predicted molar refractivity (Wildman–Crippen MR) is 76.0 cm³/mol. The van der Waals surface area contributed by atoms with Crippen LogP contribution in [0, 0.1) is 5.21 Å². The van der Waals surface area contributed by atoms with E-state index in [1.165, 1.54) is 5.01 Å². The molecular formula is C13H24N6O2. The van der Waals surface area contributed by atoms with Crippen molar-refractivity contribution in [3.8, 4) is 0 Å². The van der Waals surface area contributed by atoms with Crippen LogP contribution < -0.4 is 0 Å². The molecular weight excluding hydrogens is 272 g/mol. The molecule has 21 heavy (non-hydrogen) atoms. The van der Waals surface area contributed by atoms with E-state index < -0.39 is 0 Å². The van der Waals surface area contributed by atoms with E-state index >= 15 is 0 Å². The molecule has 0 amide bonds. The molecule has 0 spiro atoms. The number of hydrogen-bond acceptors (Lipinski definition) is 5. The van der Waals surface area contributed by atoms with Crippen molar-refractivity contribution in [2.75, 3.05) is 7.05 Å². The highest BCUT2D eigenvalue weighted by atomic mass is 16.7. The van der Waals surface area contributed by atoms with Gasteiger partial charge in [-0.1, -0.05) is 5.21 Å². The lowest BCUT2D eigenvalue weighted by atomic mass is 9.93. The average Bonchev–Trinajstić information content (AvgIpc) is 2.97. The van der Waals surface area contributed by atoms with Gasteiger partial charge in [0.05, 0.1) is 29.8 Å². The lowest BCUT2D eigenvalue weighted by molar-refractivity contribution is -0.720. The molecule has 1 aromatic heterocycles. The Kier molecular flexibility index (Phi) is 4.64. The molecule has 2 rings (SSSR count). The van der Waals surface area contributed by atoms with E-state index in [-0.39, 0.29) is 11.6 Å². The molecule has 8 heteroatoms. The molecule has 0 N–H and O–H groups in total. The van der Waals surface area contributed by atoms with Gasteiger partial charge in [-0.25, -0.2) is 4.68 Å². The minimum Gasteiger partial charge on any atom is -0.569 e. The molecule has 1 saturated carbocycles. The summed E-state index contributed by atoms with van der Waals surface area (Å²) in [6.45, 7) is 5.82. The summed E-state index contributed by atoms with van der Waals surface area (Å²) >= 11 is 0. The van der Waals surface area contributed by atoms with E-state index in [1.807, 2.05) is 31.6 Å². The number of rotatable bonds is 4. The summed E-state index contributed by atoms with van der Waals surface area (Å²) in [6, 6.07) is 0.368. The Bertz CT molecular complexity index is 460. The van der Waals surface area contributed by atoms with Crippen LogP contribution in [0.25, 0.3) is 0 Å². The van der Waals surface area contributed by atoms with Gasteiger partial charge in [0.1, 0.15) is 6.10 Å². The minimum atomic E-state index is -0.292. The Morgan fingerprint density at radius 2 is 2.00 bits per heavy atom. The first-order valence-corrected chi connectivity index (χ1v) is 7.31. The van der Waals surface area contributed by atoms with Crippen LogP contribution in [-0.4, -0.2) is 43.7 Å². The second kappa shape index (κ2) is 6.28. The van der Waals surface area contributed by atoms with Gasteiger partial charge in [-0.2, -0.15) is 0 Å². The van der Waals surface area contributed by atoms with Gasteiger partial charge in [-0.3, -0.25) is 0 Å². The van der Waals surface area contributed by atoms with Gasteiger partial charge >= 0.3 is 0 Å². The standard InChI is InChI=1S/C13H24N6O2/c1-13(2,3)17(4)19(20)16-21-12-7-5-11(6-8-12)18-10-9-14-15-18/h9-12H,5-8H2,1-4H3/b19-16-/t11-,12+. The van der Waals surface area contributed by atoms with Crippen LogP contribution in [0.4, 0.5) is 0 Å². The fourth-order valence-electron chi connectivity index (χ4n) is 2.25. The van der Waals surface area contributed by atoms with Crippen molar-refractivity contribution < 1.29 is 9.81 Å². The van der Waals surface area contributed by atoms with Crippen molar-refractivity contribution in [1.29, 1.82) is 0 Å². The predicted octanol–water partition coefficient (Wildman–Crippen LogP) is 2.30. The van der Waals surface area contributed by atoms with Gasteiger partial charge in [0.2, 0.25) is 5.28 Å². The van der Waals surface area contributed by atoms with Crippen LogP contribution >= 0.6 is 0 Å². The number of hydrogen-bond donors (Lipinski definition) is 0. The third-order valence-corrected chi connectivity index (χ3v) is 3.95. The zero-order chi connectivity index (χ0) is 15.5. The molecule has 0 atom stereocenters. The van der Waals surface area contributed by atoms with Crippen molar-refractivity contribution in [2.24, 2.45) is 5.28 Å². The third kappa shape index (κ3) is 4.05. The maximum Gasteiger partial charge on any atom is 0.233 e. The minimum absolute atomic E-state index is 0.00501. The van der Waals surface area contributed by atoms with Crippen LogP contribution in [-0.2, 0) is 4.84 Å². The molecule has 0 radical (unpaired) electrons. The van der Waals surface area contributed by atoms with Gasteiger partial charge in [-0.15, -0.1) is 10.1 Å². The number of aromatic nitrogens is 3. The first kappa shape index (κ1) is 15.5. The van der Waals surface area contributed by atoms with Gasteiger partial charge in [-0.05, 0) is 46.5 Å². The zero-order valence-electron chi connectivity index (χ0n) is 13.1. The van der Waals surface area contributed by atoms with Crippen molar-refractivity contribution in [3.05, 3.63) is 17.6 Å². The molecule has 1 fully saturated rings. The van der Waals surface area contributed by atoms with E-state index in [0.29, 0.717) is 11.0 Å². The second-order valence-corrected chi connectivity index (χ2v) is 6.45. The summed E-state index contributed by atoms with van der Waals surface area (Å²) in [5, 5.41) is 24.8. The normalized spacial score (nSPS) is 23.9. The molecule has 118 valence electrons. The van der Waals surface area contributed by atoms with Crippen molar-refractivity contribution in [2.45, 2.75) is 64.1 Å². The summed E-state index contributed by atoms with van der Waals surface area (Å²) in [4.78, 5) is 5.90. The molecule has 1 heterocycles. The fraction of sp³-hybridized carbons (Fsp3) is 0.846.